The topological polar surface area (TPSA) is 49.3 Å². The smallest absolute Gasteiger partial charge is 1.00 e. The molecule has 0 aliphatic carbocycles. The van der Waals surface area contributed by atoms with Crippen LogP contribution in [0.15, 0.2) is 36.4 Å². The molecule has 21 heavy (non-hydrogen) atoms. The van der Waals surface area contributed by atoms with Gasteiger partial charge in [0.25, 0.3) is 0 Å². The Morgan fingerprint density at radius 3 is 2.71 bits per heavy atom. The number of rotatable bonds is 4. The molecule has 106 valence electrons. The largest absolute Gasteiger partial charge is 1.00 e. The van der Waals surface area contributed by atoms with Gasteiger partial charge in [-0.2, -0.15) is 0 Å². The Balaban J connectivity index is 0.00000220. The van der Waals surface area contributed by atoms with E-state index in [1.54, 1.807) is 18.2 Å². The van der Waals surface area contributed by atoms with Crippen LogP contribution in [-0.4, -0.2) is 11.1 Å². The van der Waals surface area contributed by atoms with Crippen LogP contribution in [0.3, 0.4) is 0 Å². The van der Waals surface area contributed by atoms with E-state index in [1.165, 1.54) is 12.1 Å². The van der Waals surface area contributed by atoms with E-state index in [1.807, 2.05) is 13.0 Å². The maximum absolute atomic E-state index is 13.7. The van der Waals surface area contributed by atoms with Crippen LogP contribution in [0.5, 0.6) is 0 Å². The molecule has 2 N–H and O–H groups in total. The first-order valence-corrected chi connectivity index (χ1v) is 6.37. The zero-order valence-electron chi connectivity index (χ0n) is 12.8. The molecule has 0 amide bonds. The van der Waals surface area contributed by atoms with Gasteiger partial charge in [-0.25, -0.2) is 4.39 Å². The maximum atomic E-state index is 13.7. The molecule has 0 aliphatic heterocycles. The van der Waals surface area contributed by atoms with Crippen LogP contribution in [0.2, 0.25) is 5.02 Å². The van der Waals surface area contributed by atoms with E-state index in [0.29, 0.717) is 11.3 Å². The molecular weight excluding hydrogens is 320 g/mol. The zero-order chi connectivity index (χ0) is 14.7. The molecule has 0 unspecified atom stereocenters. The van der Waals surface area contributed by atoms with E-state index in [-0.39, 0.29) is 69.9 Å². The molecule has 2 rings (SSSR count). The first kappa shape index (κ1) is 18.6. The van der Waals surface area contributed by atoms with Gasteiger partial charge in [0, 0.05) is 5.69 Å². The Hall–Kier alpha value is -0.434. The average Bonchev–Trinajstić information content (AvgIpc) is 2.35. The first-order chi connectivity index (χ1) is 9.47. The summed E-state index contributed by atoms with van der Waals surface area (Å²) < 4.78 is 13.7. The third kappa shape index (κ3) is 5.05. The van der Waals surface area contributed by atoms with Crippen molar-refractivity contribution in [1.29, 1.82) is 0 Å². The fourth-order valence-electron chi connectivity index (χ4n) is 1.91. The van der Waals surface area contributed by atoms with Gasteiger partial charge in [0.1, 0.15) is 5.82 Å². The quantitative estimate of drug-likeness (QED) is 0.829. The van der Waals surface area contributed by atoms with E-state index < -0.39 is 11.8 Å². The number of carbonyl (C=O) groups is 1. The van der Waals surface area contributed by atoms with Crippen LogP contribution in [0.4, 0.5) is 15.8 Å². The van der Waals surface area contributed by atoms with Crippen molar-refractivity contribution in [2.24, 2.45) is 0 Å². The Labute approximate surface area is 171 Å². The molecule has 0 spiro atoms. The third-order valence-electron chi connectivity index (χ3n) is 2.82. The van der Waals surface area contributed by atoms with E-state index in [2.05, 4.69) is 5.32 Å². The van der Waals surface area contributed by atoms with Crippen LogP contribution in [0.25, 0.3) is 0 Å². The van der Waals surface area contributed by atoms with Gasteiger partial charge in [-0.3, -0.25) is 4.79 Å². The molecule has 6 heteroatoms. The number of aryl methyl sites for hydroxylation is 1. The Morgan fingerprint density at radius 2 is 2.10 bits per heavy atom. The Bertz CT molecular complexity index is 650. The minimum Gasteiger partial charge on any atom is -1.00 e. The summed E-state index contributed by atoms with van der Waals surface area (Å²) in [6, 6.07) is 9.66. The molecule has 0 fully saturated rings. The van der Waals surface area contributed by atoms with E-state index >= 15 is 0 Å². The predicted molar refractivity (Wildman–Crippen MR) is 78.3 cm³/mol. The molecule has 0 bridgehead atoms. The first-order valence-electron chi connectivity index (χ1n) is 5.99. The van der Waals surface area contributed by atoms with Crippen molar-refractivity contribution >= 4 is 28.9 Å². The normalized spacial score (nSPS) is 9.86. The van der Waals surface area contributed by atoms with Crippen molar-refractivity contribution in [3.05, 3.63) is 58.4 Å². The van der Waals surface area contributed by atoms with Gasteiger partial charge in [0.05, 0.1) is 17.1 Å². The van der Waals surface area contributed by atoms with Crippen molar-refractivity contribution in [3.63, 3.8) is 0 Å². The summed E-state index contributed by atoms with van der Waals surface area (Å²) in [5.74, 6) is -1.43. The summed E-state index contributed by atoms with van der Waals surface area (Å²) in [6.45, 7) is 1.87. The van der Waals surface area contributed by atoms with Crippen molar-refractivity contribution < 1.29 is 67.1 Å². The minimum absolute atomic E-state index is 0. The number of hydrogen-bond acceptors (Lipinski definition) is 2. The number of anilines is 2. The molecule has 0 radical (unpaired) electrons. The molecule has 0 aliphatic rings. The van der Waals surface area contributed by atoms with Crippen LogP contribution in [0.1, 0.15) is 12.6 Å². The van der Waals surface area contributed by atoms with Gasteiger partial charge in [0.15, 0.2) is 0 Å². The summed E-state index contributed by atoms with van der Waals surface area (Å²) in [7, 11) is 0. The number of carboxylic acids is 1. The Morgan fingerprint density at radius 1 is 1.38 bits per heavy atom. The van der Waals surface area contributed by atoms with Gasteiger partial charge >= 0.3 is 57.4 Å². The molecule has 0 saturated heterocycles. The minimum atomic E-state index is -0.946. The van der Waals surface area contributed by atoms with Crippen molar-refractivity contribution in [2.75, 3.05) is 5.32 Å². The zero-order valence-corrected chi connectivity index (χ0v) is 15.7. The molecule has 2 aromatic rings. The monoisotopic (exact) mass is 333 g/mol. The number of hydrogen-bond donors (Lipinski definition) is 2. The summed E-state index contributed by atoms with van der Waals surface area (Å²) in [5.41, 5.74) is 2.19. The SMILES string of the molecule is Cc1ccc(Nc2c(F)cccc2Cl)c(CC(=O)O)c1.[H-].[K+]. The van der Waals surface area contributed by atoms with E-state index in [4.69, 9.17) is 16.7 Å². The predicted octanol–water partition coefficient (Wildman–Crippen LogP) is 1.27. The van der Waals surface area contributed by atoms with Crippen LogP contribution in [-0.2, 0) is 11.2 Å². The van der Waals surface area contributed by atoms with Crippen LogP contribution >= 0.6 is 11.6 Å². The molecule has 2 aromatic carbocycles. The fraction of sp³-hybridized carbons (Fsp3) is 0.133. The molecular formula is C15H14ClFKNO2. The second kappa shape index (κ2) is 8.27. The average molecular weight is 334 g/mol. The number of aliphatic carboxylic acids is 1. The summed E-state index contributed by atoms with van der Waals surface area (Å²) in [6.07, 6.45) is -0.143. The van der Waals surface area contributed by atoms with E-state index in [9.17, 15) is 9.18 Å². The summed E-state index contributed by atoms with van der Waals surface area (Å²) >= 11 is 5.95. The van der Waals surface area contributed by atoms with Gasteiger partial charge in [-0.05, 0) is 30.7 Å². The number of carboxylic acid groups (broad SMARTS) is 1. The van der Waals surface area contributed by atoms with Gasteiger partial charge in [-0.15, -0.1) is 0 Å². The van der Waals surface area contributed by atoms with Crippen LogP contribution in [0, 0.1) is 12.7 Å². The standard InChI is InChI=1S/C15H13ClFNO2.K.H/c1-9-5-6-13(10(7-9)8-14(19)20)18-15-11(16)3-2-4-12(15)17;;/h2-7,18H,8H2,1H3,(H,19,20);;/q;+1;-1. The summed E-state index contributed by atoms with van der Waals surface area (Å²) in [5, 5.41) is 12.0. The Kier molecular flexibility index (Phi) is 7.33. The number of para-hydroxylation sites is 1. The molecule has 3 nitrogen and oxygen atoms in total. The number of benzene rings is 2. The number of nitrogens with one attached hydrogen (secondary N) is 1. The van der Waals surface area contributed by atoms with Crippen molar-refractivity contribution in [2.45, 2.75) is 13.3 Å². The van der Waals surface area contributed by atoms with Crippen molar-refractivity contribution in [3.8, 4) is 0 Å². The molecule has 0 aromatic heterocycles. The van der Waals surface area contributed by atoms with E-state index in [0.717, 1.165) is 5.56 Å². The number of halogens is 2. The fourth-order valence-corrected chi connectivity index (χ4v) is 2.12. The van der Waals surface area contributed by atoms with Gasteiger partial charge in [-0.1, -0.05) is 35.4 Å². The second-order valence-electron chi connectivity index (χ2n) is 4.45. The third-order valence-corrected chi connectivity index (χ3v) is 3.14. The van der Waals surface area contributed by atoms with Crippen molar-refractivity contribution in [1.82, 2.24) is 0 Å². The van der Waals surface area contributed by atoms with Gasteiger partial charge < -0.3 is 11.8 Å². The molecule has 0 saturated carbocycles. The van der Waals surface area contributed by atoms with Gasteiger partial charge in [0.2, 0.25) is 0 Å². The maximum Gasteiger partial charge on any atom is 1.00 e. The summed E-state index contributed by atoms with van der Waals surface area (Å²) in [4.78, 5) is 10.9. The van der Waals surface area contributed by atoms with Crippen LogP contribution < -0.4 is 56.7 Å². The second-order valence-corrected chi connectivity index (χ2v) is 4.86. The molecule has 0 atom stereocenters. The molecule has 0 heterocycles.